The van der Waals surface area contributed by atoms with Crippen LogP contribution in [0.1, 0.15) is 11.1 Å². The first-order chi connectivity index (χ1) is 13.3. The van der Waals surface area contributed by atoms with E-state index in [-0.39, 0.29) is 10.7 Å². The van der Waals surface area contributed by atoms with E-state index in [1.807, 2.05) is 38.1 Å². The highest BCUT2D eigenvalue weighted by molar-refractivity contribution is 9.10. The Balaban J connectivity index is 1.73. The van der Waals surface area contributed by atoms with Crippen LogP contribution in [-0.4, -0.2) is 28.2 Å². The van der Waals surface area contributed by atoms with Gasteiger partial charge in [0.05, 0.1) is 4.90 Å². The maximum absolute atomic E-state index is 12.7. The maximum Gasteiger partial charge on any atom is 0.263 e. The molecule has 0 amide bonds. The molecule has 28 heavy (non-hydrogen) atoms. The third-order valence-electron chi connectivity index (χ3n) is 4.37. The molecule has 0 saturated carbocycles. The van der Waals surface area contributed by atoms with Gasteiger partial charge in [0.2, 0.25) is 0 Å². The van der Waals surface area contributed by atoms with Gasteiger partial charge in [-0.1, -0.05) is 34.1 Å². The van der Waals surface area contributed by atoms with Crippen molar-refractivity contribution >= 4 is 37.4 Å². The smallest absolute Gasteiger partial charge is 0.262 e. The standard InChI is InChI=1S/C19H16BrN5O2S/c1-12-6-7-16(10-13(12)2)28(26,27)24-17-8-9-18-21-22-19(25(18)23-17)14-4-3-5-15(20)11-14/h3-11H,1-2H3,(H,23,24). The number of nitrogens with one attached hydrogen (secondary N) is 1. The zero-order valence-electron chi connectivity index (χ0n) is 15.1. The molecular formula is C19H16BrN5O2S. The second-order valence-corrected chi connectivity index (χ2v) is 8.97. The average molecular weight is 458 g/mol. The molecule has 2 aromatic heterocycles. The summed E-state index contributed by atoms with van der Waals surface area (Å²) in [5, 5.41) is 12.7. The van der Waals surface area contributed by atoms with E-state index in [0.717, 1.165) is 21.2 Å². The summed E-state index contributed by atoms with van der Waals surface area (Å²) in [4.78, 5) is 0.188. The third kappa shape index (κ3) is 3.50. The first kappa shape index (κ1) is 18.6. The van der Waals surface area contributed by atoms with Gasteiger partial charge in [-0.05, 0) is 61.4 Å². The average Bonchev–Trinajstić information content (AvgIpc) is 3.07. The van der Waals surface area contributed by atoms with Crippen molar-refractivity contribution in [3.8, 4) is 11.4 Å². The van der Waals surface area contributed by atoms with Gasteiger partial charge in [-0.3, -0.25) is 4.72 Å². The van der Waals surface area contributed by atoms with Gasteiger partial charge in [0.15, 0.2) is 17.3 Å². The molecule has 0 fully saturated rings. The van der Waals surface area contributed by atoms with Crippen LogP contribution in [0.25, 0.3) is 17.0 Å². The molecule has 0 radical (unpaired) electrons. The fourth-order valence-corrected chi connectivity index (χ4v) is 4.21. The fourth-order valence-electron chi connectivity index (χ4n) is 2.73. The molecule has 4 aromatic rings. The molecule has 9 heteroatoms. The van der Waals surface area contributed by atoms with Crippen molar-refractivity contribution in [1.29, 1.82) is 0 Å². The highest BCUT2D eigenvalue weighted by atomic mass is 79.9. The van der Waals surface area contributed by atoms with Crippen molar-refractivity contribution in [2.45, 2.75) is 18.7 Å². The van der Waals surface area contributed by atoms with Gasteiger partial charge in [0, 0.05) is 10.0 Å². The lowest BCUT2D eigenvalue weighted by atomic mass is 10.1. The quantitative estimate of drug-likeness (QED) is 0.500. The van der Waals surface area contributed by atoms with Crippen LogP contribution in [0.15, 0.2) is 64.0 Å². The molecule has 0 aliphatic rings. The van der Waals surface area contributed by atoms with Gasteiger partial charge in [-0.25, -0.2) is 8.42 Å². The summed E-state index contributed by atoms with van der Waals surface area (Å²) in [7, 11) is -3.76. The summed E-state index contributed by atoms with van der Waals surface area (Å²) in [6.45, 7) is 3.81. The number of nitrogens with zero attached hydrogens (tertiary/aromatic N) is 4. The molecule has 0 spiro atoms. The number of benzene rings is 2. The van der Waals surface area contributed by atoms with Crippen LogP contribution in [0.3, 0.4) is 0 Å². The van der Waals surface area contributed by atoms with Crippen molar-refractivity contribution in [3.05, 3.63) is 70.2 Å². The highest BCUT2D eigenvalue weighted by Crippen LogP contribution is 2.23. The van der Waals surface area contributed by atoms with E-state index < -0.39 is 10.0 Å². The van der Waals surface area contributed by atoms with Gasteiger partial charge in [0.25, 0.3) is 10.0 Å². The lowest BCUT2D eigenvalue weighted by molar-refractivity contribution is 0.600. The molecule has 0 aliphatic carbocycles. The van der Waals surface area contributed by atoms with Gasteiger partial charge >= 0.3 is 0 Å². The summed E-state index contributed by atoms with van der Waals surface area (Å²) in [6.07, 6.45) is 0. The summed E-state index contributed by atoms with van der Waals surface area (Å²) in [5.74, 6) is 0.699. The van der Waals surface area contributed by atoms with E-state index in [4.69, 9.17) is 0 Å². The van der Waals surface area contributed by atoms with Crippen molar-refractivity contribution in [3.63, 3.8) is 0 Å². The summed E-state index contributed by atoms with van der Waals surface area (Å²) >= 11 is 3.43. The Bertz CT molecular complexity index is 1300. The zero-order valence-corrected chi connectivity index (χ0v) is 17.5. The van der Waals surface area contributed by atoms with Gasteiger partial charge in [-0.15, -0.1) is 15.3 Å². The Morgan fingerprint density at radius 2 is 1.79 bits per heavy atom. The highest BCUT2D eigenvalue weighted by Gasteiger charge is 2.17. The van der Waals surface area contributed by atoms with Crippen LogP contribution in [0, 0.1) is 13.8 Å². The molecule has 2 heterocycles. The molecule has 0 atom stereocenters. The number of hydrogen-bond acceptors (Lipinski definition) is 5. The molecule has 142 valence electrons. The molecule has 0 unspecified atom stereocenters. The number of fused-ring (bicyclic) bond motifs is 1. The van der Waals surface area contributed by atoms with Crippen LogP contribution >= 0.6 is 15.9 Å². The van der Waals surface area contributed by atoms with Crippen molar-refractivity contribution in [2.24, 2.45) is 0 Å². The fraction of sp³-hybridized carbons (Fsp3) is 0.105. The molecule has 4 rings (SSSR count). The zero-order chi connectivity index (χ0) is 19.9. The number of aryl methyl sites for hydroxylation is 2. The van der Waals surface area contributed by atoms with Crippen LogP contribution in [0.5, 0.6) is 0 Å². The van der Waals surface area contributed by atoms with Crippen LogP contribution in [0.4, 0.5) is 5.82 Å². The van der Waals surface area contributed by atoms with Crippen molar-refractivity contribution in [2.75, 3.05) is 4.72 Å². The van der Waals surface area contributed by atoms with Crippen LogP contribution in [-0.2, 0) is 10.0 Å². The third-order valence-corrected chi connectivity index (χ3v) is 6.22. The van der Waals surface area contributed by atoms with E-state index in [2.05, 4.69) is 35.9 Å². The monoisotopic (exact) mass is 457 g/mol. The lowest BCUT2D eigenvalue weighted by Crippen LogP contribution is -2.15. The topological polar surface area (TPSA) is 89.2 Å². The van der Waals surface area contributed by atoms with Crippen LogP contribution < -0.4 is 4.72 Å². The minimum Gasteiger partial charge on any atom is -0.262 e. The first-order valence-electron chi connectivity index (χ1n) is 8.42. The number of hydrogen-bond donors (Lipinski definition) is 1. The minimum atomic E-state index is -3.76. The molecule has 0 aliphatic heterocycles. The number of sulfonamides is 1. The van der Waals surface area contributed by atoms with E-state index in [1.165, 1.54) is 4.52 Å². The van der Waals surface area contributed by atoms with E-state index in [9.17, 15) is 8.42 Å². The van der Waals surface area contributed by atoms with Gasteiger partial charge in [-0.2, -0.15) is 4.52 Å². The molecular weight excluding hydrogens is 442 g/mol. The maximum atomic E-state index is 12.7. The predicted molar refractivity (Wildman–Crippen MR) is 111 cm³/mol. The lowest BCUT2D eigenvalue weighted by Gasteiger charge is -2.09. The largest absolute Gasteiger partial charge is 0.263 e. The number of aromatic nitrogens is 4. The predicted octanol–water partition coefficient (Wildman–Crippen LogP) is 3.97. The Hall–Kier alpha value is -2.78. The second-order valence-electron chi connectivity index (χ2n) is 6.37. The Morgan fingerprint density at radius 1 is 0.964 bits per heavy atom. The Kier molecular flexibility index (Phi) is 4.64. The number of anilines is 1. The molecule has 0 bridgehead atoms. The SMILES string of the molecule is Cc1ccc(S(=O)(=O)Nc2ccc3nnc(-c4cccc(Br)c4)n3n2)cc1C. The Morgan fingerprint density at radius 3 is 2.54 bits per heavy atom. The van der Waals surface area contributed by atoms with Gasteiger partial charge < -0.3 is 0 Å². The summed E-state index contributed by atoms with van der Waals surface area (Å²) in [6, 6.07) is 15.8. The minimum absolute atomic E-state index is 0.182. The second kappa shape index (κ2) is 6.99. The number of rotatable bonds is 4. The van der Waals surface area contributed by atoms with E-state index in [0.29, 0.717) is 11.5 Å². The van der Waals surface area contributed by atoms with Gasteiger partial charge in [0.1, 0.15) is 0 Å². The first-order valence-corrected chi connectivity index (χ1v) is 10.7. The normalized spacial score (nSPS) is 11.7. The van der Waals surface area contributed by atoms with Crippen molar-refractivity contribution < 1.29 is 8.42 Å². The van der Waals surface area contributed by atoms with E-state index >= 15 is 0 Å². The summed E-state index contributed by atoms with van der Waals surface area (Å²) in [5.41, 5.74) is 3.26. The van der Waals surface area contributed by atoms with Crippen molar-refractivity contribution in [1.82, 2.24) is 19.8 Å². The van der Waals surface area contributed by atoms with Crippen LogP contribution in [0.2, 0.25) is 0 Å². The number of halogens is 1. The molecule has 0 saturated heterocycles. The van der Waals surface area contributed by atoms with E-state index in [1.54, 1.807) is 30.3 Å². The summed E-state index contributed by atoms with van der Waals surface area (Å²) < 4.78 is 30.4. The molecule has 1 N–H and O–H groups in total. The Labute approximate surface area is 170 Å². The molecule has 2 aromatic carbocycles. The molecule has 7 nitrogen and oxygen atoms in total.